The summed E-state index contributed by atoms with van der Waals surface area (Å²) in [4.78, 5) is 16.1. The van der Waals surface area contributed by atoms with Gasteiger partial charge in [-0.25, -0.2) is 0 Å². The molecule has 4 nitrogen and oxygen atoms in total. The van der Waals surface area contributed by atoms with Crippen LogP contribution >= 0.6 is 0 Å². The van der Waals surface area contributed by atoms with E-state index in [1.54, 1.807) is 12.4 Å². The second kappa shape index (κ2) is 4.77. The molecule has 0 radical (unpaired) electrons. The van der Waals surface area contributed by atoms with Crippen molar-refractivity contribution in [2.75, 3.05) is 0 Å². The van der Waals surface area contributed by atoms with E-state index in [9.17, 15) is 4.79 Å². The van der Waals surface area contributed by atoms with Gasteiger partial charge in [-0.3, -0.25) is 9.78 Å². The lowest BCUT2D eigenvalue weighted by molar-refractivity contribution is -0.134. The zero-order valence-electron chi connectivity index (χ0n) is 10.7. The maximum atomic E-state index is 12.1. The zero-order valence-corrected chi connectivity index (χ0v) is 10.7. The van der Waals surface area contributed by atoms with E-state index in [1.165, 1.54) is 0 Å². The molecule has 1 aromatic heterocycles. The molecule has 1 aliphatic rings. The molecule has 1 amide bonds. The number of carbonyl (C=O) groups is 1. The predicted octanol–water partition coefficient (Wildman–Crippen LogP) is 1.95. The van der Waals surface area contributed by atoms with Crippen LogP contribution in [0.1, 0.15) is 30.9 Å². The monoisotopic (exact) mass is 243 g/mol. The van der Waals surface area contributed by atoms with Crippen molar-refractivity contribution in [1.82, 2.24) is 10.3 Å². The van der Waals surface area contributed by atoms with Gasteiger partial charge in [0, 0.05) is 18.9 Å². The number of hydrogen-bond donors (Lipinski definition) is 1. The summed E-state index contributed by atoms with van der Waals surface area (Å²) in [7, 11) is 0. The van der Waals surface area contributed by atoms with E-state index in [2.05, 4.69) is 23.3 Å². The van der Waals surface area contributed by atoms with Crippen molar-refractivity contribution in [3.8, 4) is 6.07 Å². The lowest BCUT2D eigenvalue weighted by Gasteiger charge is -2.39. The molecule has 1 saturated carbocycles. The molecule has 0 unspecified atom stereocenters. The third kappa shape index (κ3) is 2.21. The van der Waals surface area contributed by atoms with Crippen molar-refractivity contribution < 1.29 is 4.79 Å². The lowest BCUT2D eigenvalue weighted by Crippen LogP contribution is -2.47. The van der Waals surface area contributed by atoms with Crippen molar-refractivity contribution >= 4 is 5.91 Å². The van der Waals surface area contributed by atoms with E-state index in [-0.39, 0.29) is 5.91 Å². The van der Waals surface area contributed by atoms with Gasteiger partial charge in [0.05, 0.1) is 6.07 Å². The number of nitrogens with zero attached hydrogens (tertiary/aromatic N) is 2. The van der Waals surface area contributed by atoms with Gasteiger partial charge in [-0.2, -0.15) is 5.26 Å². The van der Waals surface area contributed by atoms with E-state index >= 15 is 0 Å². The van der Waals surface area contributed by atoms with Crippen molar-refractivity contribution in [3.05, 3.63) is 29.6 Å². The second-order valence-electron chi connectivity index (χ2n) is 5.19. The van der Waals surface area contributed by atoms with Crippen LogP contribution in [-0.4, -0.2) is 10.9 Å². The molecule has 18 heavy (non-hydrogen) atoms. The SMILES string of the molecule is Cc1cnccc1CNC(=O)C1(C#N)CC(C)C1. The Morgan fingerprint density at radius 3 is 2.94 bits per heavy atom. The third-order valence-corrected chi connectivity index (χ3v) is 3.62. The van der Waals surface area contributed by atoms with E-state index in [0.717, 1.165) is 11.1 Å². The van der Waals surface area contributed by atoms with Crippen LogP contribution in [0, 0.1) is 29.6 Å². The quantitative estimate of drug-likeness (QED) is 0.882. The summed E-state index contributed by atoms with van der Waals surface area (Å²) in [6.45, 7) is 4.49. The molecule has 1 N–H and O–H groups in total. The number of hydrogen-bond acceptors (Lipinski definition) is 3. The zero-order chi connectivity index (χ0) is 13.2. The van der Waals surface area contributed by atoms with Crippen molar-refractivity contribution in [3.63, 3.8) is 0 Å². The average Bonchev–Trinajstić information content (AvgIpc) is 2.33. The minimum absolute atomic E-state index is 0.140. The topological polar surface area (TPSA) is 65.8 Å². The number of rotatable bonds is 3. The van der Waals surface area contributed by atoms with Gasteiger partial charge in [-0.15, -0.1) is 0 Å². The first-order chi connectivity index (χ1) is 8.57. The number of nitrogens with one attached hydrogen (secondary N) is 1. The molecule has 0 spiro atoms. The molecule has 0 atom stereocenters. The molecular formula is C14H17N3O. The van der Waals surface area contributed by atoms with Gasteiger partial charge < -0.3 is 5.32 Å². The highest BCUT2D eigenvalue weighted by Crippen LogP contribution is 2.45. The first-order valence-electron chi connectivity index (χ1n) is 6.16. The maximum Gasteiger partial charge on any atom is 0.240 e. The van der Waals surface area contributed by atoms with E-state index in [4.69, 9.17) is 5.26 Å². The fourth-order valence-corrected chi connectivity index (χ4v) is 2.50. The highest BCUT2D eigenvalue weighted by Gasteiger charge is 2.48. The number of carbonyl (C=O) groups excluding carboxylic acids is 1. The first kappa shape index (κ1) is 12.6. The molecule has 1 aliphatic carbocycles. The molecule has 1 fully saturated rings. The van der Waals surface area contributed by atoms with Gasteiger partial charge in [0.1, 0.15) is 5.41 Å². The first-order valence-corrected chi connectivity index (χ1v) is 6.16. The Bertz CT molecular complexity index is 498. The Morgan fingerprint density at radius 2 is 2.39 bits per heavy atom. The molecule has 1 heterocycles. The fraction of sp³-hybridized carbons (Fsp3) is 0.500. The maximum absolute atomic E-state index is 12.1. The van der Waals surface area contributed by atoms with Gasteiger partial charge in [-0.05, 0) is 42.9 Å². The average molecular weight is 243 g/mol. The number of amides is 1. The van der Waals surface area contributed by atoms with E-state index in [1.807, 2.05) is 13.0 Å². The summed E-state index contributed by atoms with van der Waals surface area (Å²) in [5.74, 6) is 0.331. The molecule has 0 aliphatic heterocycles. The van der Waals surface area contributed by atoms with Gasteiger partial charge >= 0.3 is 0 Å². The summed E-state index contributed by atoms with van der Waals surface area (Å²) in [5.41, 5.74) is 1.30. The molecule has 2 rings (SSSR count). The predicted molar refractivity (Wildman–Crippen MR) is 67.3 cm³/mol. The Labute approximate surface area is 107 Å². The molecule has 94 valence electrons. The lowest BCUT2D eigenvalue weighted by atomic mass is 9.63. The molecular weight excluding hydrogens is 226 g/mol. The minimum Gasteiger partial charge on any atom is -0.351 e. The molecule has 0 bridgehead atoms. The second-order valence-corrected chi connectivity index (χ2v) is 5.19. The highest BCUT2D eigenvalue weighted by atomic mass is 16.2. The van der Waals surface area contributed by atoms with Crippen molar-refractivity contribution in [1.29, 1.82) is 5.26 Å². The smallest absolute Gasteiger partial charge is 0.240 e. The Kier molecular flexibility index (Phi) is 3.33. The van der Waals surface area contributed by atoms with Gasteiger partial charge in [0.2, 0.25) is 5.91 Å². The Morgan fingerprint density at radius 1 is 1.67 bits per heavy atom. The van der Waals surface area contributed by atoms with Crippen molar-refractivity contribution in [2.45, 2.75) is 33.2 Å². The number of aromatic nitrogens is 1. The van der Waals surface area contributed by atoms with E-state index < -0.39 is 5.41 Å². The summed E-state index contributed by atoms with van der Waals surface area (Å²) >= 11 is 0. The Balaban J connectivity index is 1.97. The molecule has 0 aromatic carbocycles. The summed E-state index contributed by atoms with van der Waals surface area (Å²) in [6.07, 6.45) is 4.82. The van der Waals surface area contributed by atoms with Gasteiger partial charge in [0.15, 0.2) is 0 Å². The molecule has 4 heteroatoms. The molecule has 1 aromatic rings. The number of aryl methyl sites for hydroxylation is 1. The van der Waals surface area contributed by atoms with Crippen LogP contribution in [0.4, 0.5) is 0 Å². The van der Waals surface area contributed by atoms with Crippen LogP contribution in [0.25, 0.3) is 0 Å². The highest BCUT2D eigenvalue weighted by molar-refractivity contribution is 5.86. The van der Waals surface area contributed by atoms with E-state index in [0.29, 0.717) is 25.3 Å². The van der Waals surface area contributed by atoms with Crippen LogP contribution in [0.15, 0.2) is 18.5 Å². The normalized spacial score (nSPS) is 25.9. The van der Waals surface area contributed by atoms with Crippen LogP contribution in [0.2, 0.25) is 0 Å². The standard InChI is InChI=1S/C14H17N3O/c1-10-5-14(6-10,9-15)13(18)17-8-12-3-4-16-7-11(12)2/h3-4,7,10H,5-6,8H2,1-2H3,(H,17,18). The summed E-state index contributed by atoms with van der Waals surface area (Å²) in [6, 6.07) is 4.06. The van der Waals surface area contributed by atoms with Crippen LogP contribution in [-0.2, 0) is 11.3 Å². The van der Waals surface area contributed by atoms with Crippen LogP contribution in [0.5, 0.6) is 0 Å². The number of nitriles is 1. The van der Waals surface area contributed by atoms with Gasteiger partial charge in [0.25, 0.3) is 0 Å². The largest absolute Gasteiger partial charge is 0.351 e. The fourth-order valence-electron chi connectivity index (χ4n) is 2.50. The summed E-state index contributed by atoms with van der Waals surface area (Å²) < 4.78 is 0. The van der Waals surface area contributed by atoms with Gasteiger partial charge in [-0.1, -0.05) is 6.92 Å². The minimum atomic E-state index is -0.791. The molecule has 0 saturated heterocycles. The summed E-state index contributed by atoms with van der Waals surface area (Å²) in [5, 5.41) is 12.0. The van der Waals surface area contributed by atoms with Crippen LogP contribution in [0.3, 0.4) is 0 Å². The third-order valence-electron chi connectivity index (χ3n) is 3.62. The number of pyridine rings is 1. The van der Waals surface area contributed by atoms with Crippen LogP contribution < -0.4 is 5.32 Å². The Hall–Kier alpha value is -1.89. The van der Waals surface area contributed by atoms with Crippen molar-refractivity contribution in [2.24, 2.45) is 11.3 Å².